The van der Waals surface area contributed by atoms with Crippen LogP contribution in [0.2, 0.25) is 0 Å². The lowest BCUT2D eigenvalue weighted by molar-refractivity contribution is 0.692. The first-order valence-electron chi connectivity index (χ1n) is 4.05. The molecule has 2 heterocycles. The molecule has 2 rings (SSSR count). The smallest absolute Gasteiger partial charge is 0.0819 e. The normalized spacial score (nSPS) is 21.5. The number of hydrogen-bond acceptors (Lipinski definition) is 2. The molecular weight excluding hydrogens is 200 g/mol. The van der Waals surface area contributed by atoms with Crippen molar-refractivity contribution in [3.05, 3.63) is 38.9 Å². The summed E-state index contributed by atoms with van der Waals surface area (Å²) in [7, 11) is -0.910. The minimum Gasteiger partial charge on any atom is -0.249 e. The van der Waals surface area contributed by atoms with Gasteiger partial charge in [-0.1, -0.05) is 0 Å². The van der Waals surface area contributed by atoms with Gasteiger partial charge in [0.25, 0.3) is 0 Å². The quantitative estimate of drug-likeness (QED) is 0.696. The van der Waals surface area contributed by atoms with Crippen LogP contribution in [0.3, 0.4) is 0 Å². The molecule has 0 spiro atoms. The Bertz CT molecular complexity index is 424. The molecular formula is C10H10OS2. The first-order valence-corrected chi connectivity index (χ1v) is 6.02. The van der Waals surface area contributed by atoms with Gasteiger partial charge in [-0.3, -0.25) is 0 Å². The van der Waals surface area contributed by atoms with E-state index in [0.717, 1.165) is 14.7 Å². The van der Waals surface area contributed by atoms with Crippen molar-refractivity contribution in [3.8, 4) is 0 Å². The van der Waals surface area contributed by atoms with Crippen LogP contribution in [0.4, 0.5) is 0 Å². The van der Waals surface area contributed by atoms with Crippen molar-refractivity contribution >= 4 is 27.0 Å². The summed E-state index contributed by atoms with van der Waals surface area (Å²) in [5.74, 6) is 0. The highest BCUT2D eigenvalue weighted by molar-refractivity contribution is 7.98. The number of hydrogen-bond donors (Lipinski definition) is 0. The summed E-state index contributed by atoms with van der Waals surface area (Å²) in [6.45, 7) is 3.97. The second-order valence-electron chi connectivity index (χ2n) is 2.99. The largest absolute Gasteiger partial charge is 0.249 e. The van der Waals surface area contributed by atoms with Gasteiger partial charge in [-0.25, -0.2) is 4.21 Å². The predicted octanol–water partition coefficient (Wildman–Crippen LogP) is 3.06. The van der Waals surface area contributed by atoms with Gasteiger partial charge < -0.3 is 0 Å². The Hall–Kier alpha value is -0.670. The zero-order valence-corrected chi connectivity index (χ0v) is 9.17. The average Bonchev–Trinajstić information content (AvgIpc) is 2.62. The first kappa shape index (κ1) is 8.91. The maximum absolute atomic E-state index is 11.7. The Balaban J connectivity index is 2.36. The van der Waals surface area contributed by atoms with Gasteiger partial charge in [0.05, 0.1) is 15.7 Å². The van der Waals surface area contributed by atoms with E-state index in [1.54, 1.807) is 11.3 Å². The number of allylic oxidation sites excluding steroid dienone is 3. The van der Waals surface area contributed by atoms with E-state index in [1.807, 2.05) is 25.1 Å². The molecule has 13 heavy (non-hydrogen) atoms. The van der Waals surface area contributed by atoms with E-state index in [0.29, 0.717) is 0 Å². The minimum absolute atomic E-state index is 0.910. The Morgan fingerprint density at radius 1 is 1.23 bits per heavy atom. The van der Waals surface area contributed by atoms with Crippen molar-refractivity contribution in [3.63, 3.8) is 0 Å². The predicted molar refractivity (Wildman–Crippen MR) is 58.9 cm³/mol. The molecule has 68 valence electrons. The zero-order valence-electron chi connectivity index (χ0n) is 7.53. The fourth-order valence-electron chi connectivity index (χ4n) is 1.23. The molecule has 0 bridgehead atoms. The molecule has 1 aliphatic rings. The van der Waals surface area contributed by atoms with E-state index in [4.69, 9.17) is 0 Å². The summed E-state index contributed by atoms with van der Waals surface area (Å²) in [5.41, 5.74) is 0. The second kappa shape index (κ2) is 3.24. The van der Waals surface area contributed by atoms with Crippen molar-refractivity contribution in [2.24, 2.45) is 0 Å². The van der Waals surface area contributed by atoms with E-state index >= 15 is 0 Å². The Morgan fingerprint density at radius 2 is 2.00 bits per heavy atom. The van der Waals surface area contributed by atoms with E-state index in [9.17, 15) is 4.21 Å². The third-order valence-corrected chi connectivity index (χ3v) is 4.58. The summed E-state index contributed by atoms with van der Waals surface area (Å²) in [4.78, 5) is 4.29. The van der Waals surface area contributed by atoms with Crippen molar-refractivity contribution < 1.29 is 4.21 Å². The van der Waals surface area contributed by atoms with Gasteiger partial charge in [0.15, 0.2) is 0 Å². The van der Waals surface area contributed by atoms with Crippen LogP contribution in [0, 0.1) is 6.92 Å². The average molecular weight is 210 g/mol. The fraction of sp³-hybridized carbons (Fsp3) is 0.200. The molecule has 0 N–H and O–H groups in total. The maximum atomic E-state index is 11.7. The molecule has 1 aliphatic heterocycles. The van der Waals surface area contributed by atoms with E-state index in [-0.39, 0.29) is 0 Å². The standard InChI is InChI=1S/C10H10OS2/c1-7-3-5-9(12-7)10-6-4-8(2)13(10)11/h3-6H,1-2H3. The molecule has 0 saturated heterocycles. The molecule has 0 fully saturated rings. The molecule has 0 amide bonds. The highest BCUT2D eigenvalue weighted by Crippen LogP contribution is 2.32. The van der Waals surface area contributed by atoms with Crippen LogP contribution in [0.15, 0.2) is 29.2 Å². The fourth-order valence-corrected chi connectivity index (χ4v) is 3.35. The lowest BCUT2D eigenvalue weighted by atomic mass is 10.4. The maximum Gasteiger partial charge on any atom is 0.0819 e. The van der Waals surface area contributed by atoms with E-state index < -0.39 is 10.8 Å². The molecule has 1 unspecified atom stereocenters. The van der Waals surface area contributed by atoms with Crippen LogP contribution >= 0.6 is 11.3 Å². The van der Waals surface area contributed by atoms with Crippen molar-refractivity contribution in [2.45, 2.75) is 13.8 Å². The van der Waals surface area contributed by atoms with Crippen molar-refractivity contribution in [2.75, 3.05) is 0 Å². The van der Waals surface area contributed by atoms with E-state index in [1.165, 1.54) is 4.88 Å². The zero-order chi connectivity index (χ0) is 9.42. The van der Waals surface area contributed by atoms with Gasteiger partial charge in [-0.05, 0) is 38.1 Å². The van der Waals surface area contributed by atoms with Gasteiger partial charge in [0.2, 0.25) is 0 Å². The second-order valence-corrected chi connectivity index (χ2v) is 5.90. The van der Waals surface area contributed by atoms with Crippen LogP contribution < -0.4 is 0 Å². The monoisotopic (exact) mass is 210 g/mol. The van der Waals surface area contributed by atoms with Crippen LogP contribution in [-0.4, -0.2) is 4.21 Å². The lowest BCUT2D eigenvalue weighted by Gasteiger charge is -1.97. The summed E-state index contributed by atoms with van der Waals surface area (Å²) in [6.07, 6.45) is 3.89. The summed E-state index contributed by atoms with van der Waals surface area (Å²) < 4.78 is 11.7. The van der Waals surface area contributed by atoms with Gasteiger partial charge in [-0.2, -0.15) is 0 Å². The van der Waals surface area contributed by atoms with Gasteiger partial charge >= 0.3 is 0 Å². The lowest BCUT2D eigenvalue weighted by Crippen LogP contribution is -1.87. The van der Waals surface area contributed by atoms with E-state index in [2.05, 4.69) is 13.0 Å². The molecule has 1 nitrogen and oxygen atoms in total. The van der Waals surface area contributed by atoms with Crippen LogP contribution in [-0.2, 0) is 10.8 Å². The molecule has 0 saturated carbocycles. The SMILES string of the molecule is CC1=CC=C(c2ccc(C)s2)S1=O. The van der Waals surface area contributed by atoms with Crippen LogP contribution in [0.1, 0.15) is 16.7 Å². The summed E-state index contributed by atoms with van der Waals surface area (Å²) in [5, 5.41) is 0. The Labute approximate surface area is 84.3 Å². The summed E-state index contributed by atoms with van der Waals surface area (Å²) in [6, 6.07) is 4.10. The molecule has 1 aromatic heterocycles. The molecule has 0 aliphatic carbocycles. The highest BCUT2D eigenvalue weighted by Gasteiger charge is 2.17. The van der Waals surface area contributed by atoms with Crippen molar-refractivity contribution in [1.82, 2.24) is 0 Å². The number of rotatable bonds is 1. The number of thiophene rings is 1. The molecule has 0 aromatic carbocycles. The van der Waals surface area contributed by atoms with Gasteiger partial charge in [-0.15, -0.1) is 11.3 Å². The van der Waals surface area contributed by atoms with Crippen LogP contribution in [0.25, 0.3) is 4.91 Å². The molecule has 0 radical (unpaired) electrons. The Kier molecular flexibility index (Phi) is 2.22. The van der Waals surface area contributed by atoms with Gasteiger partial charge in [0.1, 0.15) is 0 Å². The third-order valence-electron chi connectivity index (χ3n) is 1.94. The Morgan fingerprint density at radius 3 is 2.46 bits per heavy atom. The minimum atomic E-state index is -0.910. The molecule has 3 heteroatoms. The van der Waals surface area contributed by atoms with Crippen LogP contribution in [0.5, 0.6) is 0 Å². The highest BCUT2D eigenvalue weighted by atomic mass is 32.2. The summed E-state index contributed by atoms with van der Waals surface area (Å²) >= 11 is 1.70. The molecule has 1 atom stereocenters. The topological polar surface area (TPSA) is 17.1 Å². The first-order chi connectivity index (χ1) is 6.18. The molecule has 1 aromatic rings. The number of aryl methyl sites for hydroxylation is 1. The van der Waals surface area contributed by atoms with Crippen molar-refractivity contribution in [1.29, 1.82) is 0 Å². The third kappa shape index (κ3) is 1.54. The van der Waals surface area contributed by atoms with Gasteiger partial charge in [0, 0.05) is 14.7 Å².